The molecule has 0 bridgehead atoms. The molecule has 0 N–H and O–H groups in total. The fourth-order valence-electron chi connectivity index (χ4n) is 10.8. The lowest BCUT2D eigenvalue weighted by Crippen LogP contribution is -2.29. The Morgan fingerprint density at radius 3 is 1.57 bits per heavy atom. The summed E-state index contributed by atoms with van der Waals surface area (Å²) in [6.45, 7) is 0. The molecule has 0 saturated carbocycles. The molecule has 3 nitrogen and oxygen atoms in total. The van der Waals surface area contributed by atoms with Crippen molar-refractivity contribution in [1.29, 1.82) is 0 Å². The van der Waals surface area contributed by atoms with Gasteiger partial charge in [-0.1, -0.05) is 237 Å². The van der Waals surface area contributed by atoms with Crippen molar-refractivity contribution < 1.29 is 0 Å². The van der Waals surface area contributed by atoms with Crippen LogP contribution in [0.4, 0.5) is 0 Å². The fourth-order valence-corrected chi connectivity index (χ4v) is 10.8. The highest BCUT2D eigenvalue weighted by atomic mass is 15.0. The molecule has 0 aliphatic heterocycles. The van der Waals surface area contributed by atoms with Crippen LogP contribution in [0.1, 0.15) is 22.3 Å². The lowest BCUT2D eigenvalue weighted by atomic mass is 9.66. The van der Waals surface area contributed by atoms with E-state index in [4.69, 9.17) is 15.0 Å². The number of hydrogen-bond donors (Lipinski definition) is 0. The van der Waals surface area contributed by atoms with Gasteiger partial charge in [0, 0.05) is 16.7 Å². The summed E-state index contributed by atoms with van der Waals surface area (Å²) in [6, 6.07) is 89.4. The monoisotopic (exact) mass is 851 g/mol. The van der Waals surface area contributed by atoms with Gasteiger partial charge in [0.2, 0.25) is 0 Å². The van der Waals surface area contributed by atoms with Crippen LogP contribution in [0.2, 0.25) is 0 Å². The van der Waals surface area contributed by atoms with Crippen LogP contribution in [0.15, 0.2) is 249 Å². The summed E-state index contributed by atoms with van der Waals surface area (Å²) < 4.78 is 0. The first-order chi connectivity index (χ1) is 33.2. The smallest absolute Gasteiger partial charge is 0.164 e. The van der Waals surface area contributed by atoms with Crippen molar-refractivity contribution in [1.82, 2.24) is 15.0 Å². The SMILES string of the molecule is c1ccc(-c2cccc(-c3nc(-c4ccc(-c5c6ccccc6cc6c5ccc5ccccc56)cc4)nc(-c4cccc5c4C(c4ccccc4)(c4ccccc4)c4ccccc4-5)n3)c2)cc1. The lowest BCUT2D eigenvalue weighted by molar-refractivity contribution is 0.769. The summed E-state index contributed by atoms with van der Waals surface area (Å²) in [4.78, 5) is 16.3. The van der Waals surface area contributed by atoms with E-state index < -0.39 is 5.41 Å². The zero-order valence-electron chi connectivity index (χ0n) is 36.5. The van der Waals surface area contributed by atoms with E-state index in [1.807, 2.05) is 0 Å². The van der Waals surface area contributed by atoms with Crippen LogP contribution in [0.5, 0.6) is 0 Å². The maximum atomic E-state index is 5.49. The average Bonchev–Trinajstić information content (AvgIpc) is 3.72. The van der Waals surface area contributed by atoms with E-state index in [-0.39, 0.29) is 0 Å². The van der Waals surface area contributed by atoms with E-state index in [2.05, 4.69) is 249 Å². The van der Waals surface area contributed by atoms with Crippen LogP contribution in [0, 0.1) is 0 Å². The largest absolute Gasteiger partial charge is 0.208 e. The Hall–Kier alpha value is -8.79. The van der Waals surface area contributed by atoms with E-state index in [1.165, 1.54) is 71.3 Å². The van der Waals surface area contributed by atoms with Gasteiger partial charge in [0.1, 0.15) is 0 Å². The summed E-state index contributed by atoms with van der Waals surface area (Å²) in [7, 11) is 0. The van der Waals surface area contributed by atoms with Crippen molar-refractivity contribution in [3.05, 3.63) is 271 Å². The standard InChI is InChI=1S/C64H41N3/c1-4-18-42(19-5-1)46-22-16-23-48(40-46)62-65-61(45-36-34-44(35-37-45)59-52-29-13-11-21-47(52)41-57-51-28-12-10-20-43(51)38-39-54(57)59)66-63(67-62)56-32-17-31-55-53-30-14-15-33-58(53)64(60(55)56,49-24-6-2-7-25-49)50-26-8-3-9-27-50/h1-41H. The Balaban J connectivity index is 1.04. The molecule has 0 atom stereocenters. The first-order valence-electron chi connectivity index (χ1n) is 22.9. The Bertz CT molecular complexity index is 3800. The van der Waals surface area contributed by atoms with Crippen molar-refractivity contribution in [3.8, 4) is 67.5 Å². The van der Waals surface area contributed by atoms with Crippen molar-refractivity contribution in [2.45, 2.75) is 5.41 Å². The minimum absolute atomic E-state index is 0.614. The number of hydrogen-bond acceptors (Lipinski definition) is 3. The van der Waals surface area contributed by atoms with Crippen molar-refractivity contribution in [2.24, 2.45) is 0 Å². The summed E-state index contributed by atoms with van der Waals surface area (Å²) in [6.07, 6.45) is 0. The molecule has 1 aliphatic carbocycles. The molecule has 0 saturated heterocycles. The van der Waals surface area contributed by atoms with Crippen LogP contribution in [-0.4, -0.2) is 15.0 Å². The normalized spacial score (nSPS) is 12.6. The second-order valence-electron chi connectivity index (χ2n) is 17.4. The molecule has 12 aromatic rings. The molecule has 1 aliphatic rings. The van der Waals surface area contributed by atoms with E-state index in [9.17, 15) is 0 Å². The zero-order chi connectivity index (χ0) is 44.3. The molecule has 67 heavy (non-hydrogen) atoms. The summed E-state index contributed by atoms with van der Waals surface area (Å²) in [5.41, 5.74) is 13.9. The third-order valence-corrected chi connectivity index (χ3v) is 13.8. The van der Waals surface area contributed by atoms with Gasteiger partial charge in [0.15, 0.2) is 17.5 Å². The molecule has 0 fully saturated rings. The van der Waals surface area contributed by atoms with Gasteiger partial charge >= 0.3 is 0 Å². The Morgan fingerprint density at radius 1 is 0.269 bits per heavy atom. The first-order valence-corrected chi connectivity index (χ1v) is 22.9. The quantitative estimate of drug-likeness (QED) is 0.118. The lowest BCUT2D eigenvalue weighted by Gasteiger charge is -2.35. The molecule has 3 heteroatoms. The van der Waals surface area contributed by atoms with Gasteiger partial charge in [-0.3, -0.25) is 0 Å². The minimum Gasteiger partial charge on any atom is -0.208 e. The third-order valence-electron chi connectivity index (χ3n) is 13.8. The average molecular weight is 852 g/mol. The number of aromatic nitrogens is 3. The Morgan fingerprint density at radius 2 is 0.806 bits per heavy atom. The van der Waals surface area contributed by atoms with Crippen LogP contribution >= 0.6 is 0 Å². The predicted molar refractivity (Wildman–Crippen MR) is 277 cm³/mol. The Labute approximate surface area is 389 Å². The molecule has 0 spiro atoms. The highest BCUT2D eigenvalue weighted by molar-refractivity contribution is 6.20. The highest BCUT2D eigenvalue weighted by Gasteiger charge is 2.47. The van der Waals surface area contributed by atoms with E-state index in [0.29, 0.717) is 17.5 Å². The first kappa shape index (κ1) is 38.6. The molecule has 13 rings (SSSR count). The van der Waals surface area contributed by atoms with Gasteiger partial charge in [-0.2, -0.15) is 0 Å². The molecule has 0 unspecified atom stereocenters. The van der Waals surface area contributed by atoms with Crippen molar-refractivity contribution in [2.75, 3.05) is 0 Å². The van der Waals surface area contributed by atoms with Crippen molar-refractivity contribution >= 4 is 32.3 Å². The van der Waals surface area contributed by atoms with Gasteiger partial charge in [-0.15, -0.1) is 0 Å². The maximum absolute atomic E-state index is 5.49. The van der Waals surface area contributed by atoms with Gasteiger partial charge in [0.05, 0.1) is 5.41 Å². The van der Waals surface area contributed by atoms with Crippen LogP contribution in [0.3, 0.4) is 0 Å². The second kappa shape index (κ2) is 15.7. The minimum atomic E-state index is -0.639. The molecule has 11 aromatic carbocycles. The summed E-state index contributed by atoms with van der Waals surface area (Å²) >= 11 is 0. The fraction of sp³-hybridized carbons (Fsp3) is 0.0156. The maximum Gasteiger partial charge on any atom is 0.164 e. The summed E-state index contributed by atoms with van der Waals surface area (Å²) in [5.74, 6) is 1.86. The molecule has 1 aromatic heterocycles. The van der Waals surface area contributed by atoms with Crippen LogP contribution in [0.25, 0.3) is 99.9 Å². The molecular formula is C64H41N3. The predicted octanol–water partition coefficient (Wildman–Crippen LogP) is 16.0. The highest BCUT2D eigenvalue weighted by Crippen LogP contribution is 2.58. The van der Waals surface area contributed by atoms with Gasteiger partial charge in [0.25, 0.3) is 0 Å². The number of benzene rings is 11. The number of nitrogens with zero attached hydrogens (tertiary/aromatic N) is 3. The Kier molecular flexibility index (Phi) is 9.07. The molecule has 0 radical (unpaired) electrons. The number of rotatable bonds is 7. The van der Waals surface area contributed by atoms with Gasteiger partial charge in [-0.25, -0.2) is 15.0 Å². The number of fused-ring (bicyclic) bond motifs is 7. The van der Waals surface area contributed by atoms with E-state index >= 15 is 0 Å². The van der Waals surface area contributed by atoms with Crippen molar-refractivity contribution in [3.63, 3.8) is 0 Å². The van der Waals surface area contributed by atoms with Crippen LogP contribution < -0.4 is 0 Å². The molecule has 1 heterocycles. The zero-order valence-corrected chi connectivity index (χ0v) is 36.5. The van der Waals surface area contributed by atoms with Gasteiger partial charge in [-0.05, 0) is 100 Å². The van der Waals surface area contributed by atoms with E-state index in [1.54, 1.807) is 0 Å². The second-order valence-corrected chi connectivity index (χ2v) is 17.4. The third kappa shape index (κ3) is 6.24. The summed E-state index contributed by atoms with van der Waals surface area (Å²) in [5, 5.41) is 7.41. The molecule has 312 valence electrons. The topological polar surface area (TPSA) is 38.7 Å². The van der Waals surface area contributed by atoms with Gasteiger partial charge < -0.3 is 0 Å². The molecular weight excluding hydrogens is 811 g/mol. The molecule has 0 amide bonds. The van der Waals surface area contributed by atoms with Crippen LogP contribution in [-0.2, 0) is 5.41 Å². The van der Waals surface area contributed by atoms with E-state index in [0.717, 1.165) is 33.4 Å².